The van der Waals surface area contributed by atoms with E-state index in [9.17, 15) is 14.0 Å². The molecule has 7 nitrogen and oxygen atoms in total. The van der Waals surface area contributed by atoms with Gasteiger partial charge in [0, 0.05) is 55.5 Å². The largest absolute Gasteiger partial charge is 0.461 e. The summed E-state index contributed by atoms with van der Waals surface area (Å²) in [5.74, 6) is -0.780. The molecule has 0 bridgehead atoms. The minimum atomic E-state index is -0.515. The molecule has 168 valence electrons. The van der Waals surface area contributed by atoms with Gasteiger partial charge in [-0.15, -0.1) is 0 Å². The molecule has 4 rings (SSSR count). The number of nitrogens with one attached hydrogen (secondary N) is 3. The second-order valence-corrected chi connectivity index (χ2v) is 7.96. The fourth-order valence-corrected chi connectivity index (χ4v) is 4.23. The van der Waals surface area contributed by atoms with Crippen molar-refractivity contribution in [3.63, 3.8) is 0 Å². The third-order valence-corrected chi connectivity index (χ3v) is 5.70. The predicted octanol–water partition coefficient (Wildman–Crippen LogP) is 3.61. The first-order chi connectivity index (χ1) is 15.5. The Balaban J connectivity index is 1.47. The molecule has 0 saturated carbocycles. The van der Waals surface area contributed by atoms with Gasteiger partial charge in [0.05, 0.1) is 0 Å². The Morgan fingerprint density at radius 1 is 1.22 bits per heavy atom. The lowest BCUT2D eigenvalue weighted by molar-refractivity contribution is -0.145. The van der Waals surface area contributed by atoms with Gasteiger partial charge in [0.15, 0.2) is 0 Å². The molecule has 1 aliphatic heterocycles. The monoisotopic (exact) mass is 439 g/mol. The Morgan fingerprint density at radius 2 is 2.03 bits per heavy atom. The number of hydrogen-bond donors (Lipinski definition) is 3. The molecule has 1 fully saturated rings. The SMILES string of the molecule is CC(=O)OC1CNC(C(CNC(=O)OCc2ccccc2)c2c[nH]c3cc(F)ccc23)C1. The van der Waals surface area contributed by atoms with Crippen LogP contribution in [0.5, 0.6) is 0 Å². The standard InChI is InChI=1S/C24H26FN3O4/c1-15(29)32-18-10-23(26-11-18)21(20-12-27-22-9-17(25)7-8-19(20)22)13-28-24(30)31-14-16-5-3-2-4-6-16/h2-9,12,18,21,23,26-27H,10-11,13-14H2,1H3,(H,28,30). The van der Waals surface area contributed by atoms with Crippen LogP contribution < -0.4 is 10.6 Å². The van der Waals surface area contributed by atoms with Crippen LogP contribution >= 0.6 is 0 Å². The quantitative estimate of drug-likeness (QED) is 0.489. The minimum Gasteiger partial charge on any atom is -0.461 e. The van der Waals surface area contributed by atoms with Crippen LogP contribution in [0.2, 0.25) is 0 Å². The summed E-state index contributed by atoms with van der Waals surface area (Å²) >= 11 is 0. The maximum absolute atomic E-state index is 13.6. The molecule has 3 unspecified atom stereocenters. The highest BCUT2D eigenvalue weighted by Gasteiger charge is 2.34. The van der Waals surface area contributed by atoms with Gasteiger partial charge in [-0.3, -0.25) is 4.79 Å². The van der Waals surface area contributed by atoms with Crippen molar-refractivity contribution in [1.29, 1.82) is 0 Å². The number of rotatable bonds is 7. The summed E-state index contributed by atoms with van der Waals surface area (Å²) in [5.41, 5.74) is 2.54. The lowest BCUT2D eigenvalue weighted by atomic mass is 9.89. The van der Waals surface area contributed by atoms with Crippen molar-refractivity contribution in [3.8, 4) is 0 Å². The molecule has 32 heavy (non-hydrogen) atoms. The van der Waals surface area contributed by atoms with E-state index in [1.807, 2.05) is 36.5 Å². The molecule has 2 aromatic carbocycles. The van der Waals surface area contributed by atoms with Gasteiger partial charge in [-0.2, -0.15) is 0 Å². The summed E-state index contributed by atoms with van der Waals surface area (Å²) in [6, 6.07) is 14.0. The summed E-state index contributed by atoms with van der Waals surface area (Å²) in [5, 5.41) is 7.14. The molecule has 2 heterocycles. The zero-order valence-corrected chi connectivity index (χ0v) is 17.8. The van der Waals surface area contributed by atoms with Crippen LogP contribution in [0.25, 0.3) is 10.9 Å². The molecule has 3 N–H and O–H groups in total. The summed E-state index contributed by atoms with van der Waals surface area (Å²) in [7, 11) is 0. The molecule has 1 saturated heterocycles. The molecule has 8 heteroatoms. The van der Waals surface area contributed by atoms with Gasteiger partial charge in [-0.25, -0.2) is 9.18 Å². The van der Waals surface area contributed by atoms with Gasteiger partial charge < -0.3 is 25.1 Å². The first-order valence-electron chi connectivity index (χ1n) is 10.6. The highest BCUT2D eigenvalue weighted by atomic mass is 19.1. The number of alkyl carbamates (subject to hydrolysis) is 1. The van der Waals surface area contributed by atoms with Crippen LogP contribution in [-0.2, 0) is 20.9 Å². The number of amides is 1. The van der Waals surface area contributed by atoms with Crippen LogP contribution in [0.15, 0.2) is 54.7 Å². The predicted molar refractivity (Wildman–Crippen MR) is 118 cm³/mol. The van der Waals surface area contributed by atoms with E-state index in [4.69, 9.17) is 9.47 Å². The molecule has 0 aliphatic carbocycles. The Bertz CT molecular complexity index is 1090. The number of benzene rings is 2. The smallest absolute Gasteiger partial charge is 0.407 e. The molecule has 3 atom stereocenters. The Morgan fingerprint density at radius 3 is 2.81 bits per heavy atom. The number of H-pyrrole nitrogens is 1. The van der Waals surface area contributed by atoms with Gasteiger partial charge in [0.2, 0.25) is 0 Å². The number of carbonyl (C=O) groups is 2. The first kappa shape index (κ1) is 21.8. The average Bonchev–Trinajstić information content (AvgIpc) is 3.40. The third kappa shape index (κ3) is 5.26. The number of aromatic nitrogens is 1. The van der Waals surface area contributed by atoms with E-state index in [1.54, 1.807) is 6.07 Å². The van der Waals surface area contributed by atoms with Gasteiger partial charge in [0.1, 0.15) is 18.5 Å². The van der Waals surface area contributed by atoms with Crippen LogP contribution in [0.4, 0.5) is 9.18 Å². The summed E-state index contributed by atoms with van der Waals surface area (Å²) in [6.07, 6.45) is 1.71. The van der Waals surface area contributed by atoms with Crippen molar-refractivity contribution in [1.82, 2.24) is 15.6 Å². The van der Waals surface area contributed by atoms with Crippen molar-refractivity contribution in [2.75, 3.05) is 13.1 Å². The van der Waals surface area contributed by atoms with Gasteiger partial charge in [-0.05, 0) is 29.3 Å². The normalized spacial score (nSPS) is 18.9. The van der Waals surface area contributed by atoms with Gasteiger partial charge in [0.25, 0.3) is 0 Å². The lowest BCUT2D eigenvalue weighted by Crippen LogP contribution is -2.37. The lowest BCUT2D eigenvalue weighted by Gasteiger charge is -2.24. The van der Waals surface area contributed by atoms with Crippen molar-refractivity contribution < 1.29 is 23.5 Å². The first-order valence-corrected chi connectivity index (χ1v) is 10.6. The zero-order valence-electron chi connectivity index (χ0n) is 17.8. The Hall–Kier alpha value is -3.39. The minimum absolute atomic E-state index is 0.0437. The molecular weight excluding hydrogens is 413 g/mol. The molecule has 0 spiro atoms. The van der Waals surface area contributed by atoms with E-state index in [1.165, 1.54) is 19.1 Å². The van der Waals surface area contributed by atoms with E-state index >= 15 is 0 Å². The van der Waals surface area contributed by atoms with E-state index in [2.05, 4.69) is 15.6 Å². The molecule has 0 radical (unpaired) electrons. The summed E-state index contributed by atoms with van der Waals surface area (Å²) < 4.78 is 24.3. The van der Waals surface area contributed by atoms with Crippen molar-refractivity contribution >= 4 is 23.0 Å². The van der Waals surface area contributed by atoms with E-state index in [0.29, 0.717) is 25.0 Å². The molecule has 1 aliphatic rings. The number of hydrogen-bond acceptors (Lipinski definition) is 5. The fraction of sp³-hybridized carbons (Fsp3) is 0.333. The number of ether oxygens (including phenoxy) is 2. The van der Waals surface area contributed by atoms with Crippen molar-refractivity contribution in [2.45, 2.75) is 38.0 Å². The van der Waals surface area contributed by atoms with E-state index < -0.39 is 6.09 Å². The number of aromatic amines is 1. The van der Waals surface area contributed by atoms with Gasteiger partial charge >= 0.3 is 12.1 Å². The van der Waals surface area contributed by atoms with Crippen molar-refractivity contribution in [3.05, 3.63) is 71.7 Å². The number of fused-ring (bicyclic) bond motifs is 1. The number of esters is 1. The Kier molecular flexibility index (Phi) is 6.70. The maximum Gasteiger partial charge on any atom is 0.407 e. The molecule has 3 aromatic rings. The number of carbonyl (C=O) groups excluding carboxylic acids is 2. The summed E-state index contributed by atoms with van der Waals surface area (Å²) in [6.45, 7) is 2.42. The summed E-state index contributed by atoms with van der Waals surface area (Å²) in [4.78, 5) is 26.8. The average molecular weight is 439 g/mol. The molecular formula is C24H26FN3O4. The molecule has 1 amide bonds. The second-order valence-electron chi connectivity index (χ2n) is 7.96. The van der Waals surface area contributed by atoms with Crippen LogP contribution in [0, 0.1) is 5.82 Å². The number of halogens is 1. The van der Waals surface area contributed by atoms with E-state index in [-0.39, 0.29) is 36.5 Å². The highest BCUT2D eigenvalue weighted by molar-refractivity contribution is 5.84. The highest BCUT2D eigenvalue weighted by Crippen LogP contribution is 2.32. The Labute approximate surface area is 185 Å². The van der Waals surface area contributed by atoms with Gasteiger partial charge in [-0.1, -0.05) is 30.3 Å². The topological polar surface area (TPSA) is 92.5 Å². The maximum atomic E-state index is 13.6. The zero-order chi connectivity index (χ0) is 22.5. The van der Waals surface area contributed by atoms with Crippen LogP contribution in [0.1, 0.15) is 30.4 Å². The molecule has 1 aromatic heterocycles. The van der Waals surface area contributed by atoms with Crippen molar-refractivity contribution in [2.24, 2.45) is 0 Å². The van der Waals surface area contributed by atoms with Crippen LogP contribution in [-0.4, -0.2) is 42.3 Å². The third-order valence-electron chi connectivity index (χ3n) is 5.70. The van der Waals surface area contributed by atoms with Crippen LogP contribution in [0.3, 0.4) is 0 Å². The van der Waals surface area contributed by atoms with E-state index in [0.717, 1.165) is 16.5 Å². The second kappa shape index (κ2) is 9.82. The fourth-order valence-electron chi connectivity index (χ4n) is 4.23.